The number of hydrogen-bond donors (Lipinski definition) is 2. The zero-order valence-corrected chi connectivity index (χ0v) is 11.7. The van der Waals surface area contributed by atoms with E-state index in [-0.39, 0.29) is 0 Å². The van der Waals surface area contributed by atoms with E-state index in [9.17, 15) is 4.79 Å². The highest BCUT2D eigenvalue weighted by atomic mass is 16.6. The van der Waals surface area contributed by atoms with Crippen LogP contribution in [0.2, 0.25) is 0 Å². The van der Waals surface area contributed by atoms with Gasteiger partial charge in [0.2, 0.25) is 0 Å². The van der Waals surface area contributed by atoms with E-state index in [4.69, 9.17) is 24.1 Å². The van der Waals surface area contributed by atoms with Crippen molar-refractivity contribution < 1.29 is 28.8 Å². The minimum Gasteiger partial charge on any atom is -0.480 e. The summed E-state index contributed by atoms with van der Waals surface area (Å²) in [4.78, 5) is 10.7. The summed E-state index contributed by atoms with van der Waals surface area (Å²) in [5, 5.41) is 11.5. The summed E-state index contributed by atoms with van der Waals surface area (Å²) in [6, 6.07) is -0.560. The number of rotatable bonds is 14. The second kappa shape index (κ2) is 13.7. The normalized spacial score (nSPS) is 12.5. The smallest absolute Gasteiger partial charge is 0.320 e. The van der Waals surface area contributed by atoms with Crippen molar-refractivity contribution in [2.24, 2.45) is 0 Å². The lowest BCUT2D eigenvalue weighted by Crippen LogP contribution is -2.34. The third kappa shape index (κ3) is 12.1. The van der Waals surface area contributed by atoms with Gasteiger partial charge in [0.1, 0.15) is 6.04 Å². The van der Waals surface area contributed by atoms with Crippen LogP contribution in [0.4, 0.5) is 0 Å². The molecule has 0 rings (SSSR count). The third-order valence-electron chi connectivity index (χ3n) is 2.37. The maximum Gasteiger partial charge on any atom is 0.320 e. The Kier molecular flexibility index (Phi) is 13.2. The second-order valence-electron chi connectivity index (χ2n) is 3.80. The number of aliphatic carboxylic acids is 1. The Morgan fingerprint density at radius 3 is 1.89 bits per heavy atom. The number of carboxylic acids is 1. The molecule has 0 aliphatic carbocycles. The molecular weight excluding hydrogens is 254 g/mol. The first-order valence-electron chi connectivity index (χ1n) is 6.34. The van der Waals surface area contributed by atoms with Crippen LogP contribution in [0.3, 0.4) is 0 Å². The molecule has 0 aromatic carbocycles. The number of nitrogens with one attached hydrogen (secondary N) is 1. The zero-order chi connectivity index (χ0) is 14.3. The fourth-order valence-electron chi connectivity index (χ4n) is 1.28. The second-order valence-corrected chi connectivity index (χ2v) is 3.80. The Balaban J connectivity index is 3.16. The largest absolute Gasteiger partial charge is 0.480 e. The van der Waals surface area contributed by atoms with E-state index in [1.165, 1.54) is 0 Å². The molecule has 0 radical (unpaired) electrons. The van der Waals surface area contributed by atoms with Gasteiger partial charge in [-0.05, 0) is 13.5 Å². The Morgan fingerprint density at radius 2 is 1.47 bits per heavy atom. The monoisotopic (exact) mass is 279 g/mol. The van der Waals surface area contributed by atoms with E-state index in [1.807, 2.05) is 0 Å². The van der Waals surface area contributed by atoms with Crippen molar-refractivity contribution in [2.45, 2.75) is 12.5 Å². The summed E-state index contributed by atoms with van der Waals surface area (Å²) in [6.07, 6.45) is 0.436. The highest BCUT2D eigenvalue weighted by Crippen LogP contribution is 1.92. The summed E-state index contributed by atoms with van der Waals surface area (Å²) >= 11 is 0. The van der Waals surface area contributed by atoms with Crippen LogP contribution in [0.1, 0.15) is 6.42 Å². The van der Waals surface area contributed by atoms with Crippen LogP contribution in [-0.2, 0) is 23.7 Å². The Morgan fingerprint density at radius 1 is 1.00 bits per heavy atom. The molecule has 2 N–H and O–H groups in total. The number of carboxylic acid groups (broad SMARTS) is 1. The molecule has 0 saturated heterocycles. The van der Waals surface area contributed by atoms with Crippen LogP contribution < -0.4 is 5.32 Å². The minimum absolute atomic E-state index is 0.394. The van der Waals surface area contributed by atoms with E-state index in [0.717, 1.165) is 0 Å². The minimum atomic E-state index is -0.865. The SMILES string of the molecule is CNC(CCOCCOCCOCCOC)C(=O)O. The summed E-state index contributed by atoms with van der Waals surface area (Å²) < 4.78 is 20.6. The van der Waals surface area contributed by atoms with Gasteiger partial charge < -0.3 is 29.4 Å². The lowest BCUT2D eigenvalue weighted by atomic mass is 10.2. The van der Waals surface area contributed by atoms with Gasteiger partial charge in [-0.3, -0.25) is 4.79 Å². The van der Waals surface area contributed by atoms with Crippen LogP contribution in [0.5, 0.6) is 0 Å². The maximum atomic E-state index is 10.7. The topological polar surface area (TPSA) is 86.3 Å². The molecule has 7 nitrogen and oxygen atoms in total. The van der Waals surface area contributed by atoms with Crippen LogP contribution in [0.15, 0.2) is 0 Å². The molecule has 0 bridgehead atoms. The van der Waals surface area contributed by atoms with Crippen LogP contribution in [0, 0.1) is 0 Å². The molecule has 0 heterocycles. The number of ether oxygens (including phenoxy) is 4. The first-order valence-corrected chi connectivity index (χ1v) is 6.34. The van der Waals surface area contributed by atoms with Gasteiger partial charge in [0.15, 0.2) is 0 Å². The standard InChI is InChI=1S/C12H25NO6/c1-13-11(12(14)15)3-4-17-7-8-19-10-9-18-6-5-16-2/h11,13H,3-10H2,1-2H3,(H,14,15). The lowest BCUT2D eigenvalue weighted by molar-refractivity contribution is -0.139. The molecule has 0 aromatic heterocycles. The molecule has 0 aliphatic heterocycles. The van der Waals surface area contributed by atoms with E-state index >= 15 is 0 Å². The lowest BCUT2D eigenvalue weighted by Gasteiger charge is -2.11. The van der Waals surface area contributed by atoms with E-state index in [1.54, 1.807) is 14.2 Å². The zero-order valence-electron chi connectivity index (χ0n) is 11.7. The van der Waals surface area contributed by atoms with E-state index < -0.39 is 12.0 Å². The van der Waals surface area contributed by atoms with Crippen LogP contribution in [0.25, 0.3) is 0 Å². The molecular formula is C12H25NO6. The van der Waals surface area contributed by atoms with Crippen LogP contribution >= 0.6 is 0 Å². The molecule has 0 saturated carbocycles. The fourth-order valence-corrected chi connectivity index (χ4v) is 1.28. The van der Waals surface area contributed by atoms with Gasteiger partial charge in [0.25, 0.3) is 0 Å². The first-order chi connectivity index (χ1) is 9.22. The Labute approximate surface area is 114 Å². The average Bonchev–Trinajstić information content (AvgIpc) is 2.40. The molecule has 7 heteroatoms. The highest BCUT2D eigenvalue weighted by molar-refractivity contribution is 5.73. The predicted octanol–water partition coefficient (Wildman–Crippen LogP) is -0.255. The summed E-state index contributed by atoms with van der Waals surface area (Å²) in [5.41, 5.74) is 0. The summed E-state index contributed by atoms with van der Waals surface area (Å²) in [5.74, 6) is -0.865. The number of likely N-dealkylation sites (N-methyl/N-ethyl adjacent to an activating group) is 1. The third-order valence-corrected chi connectivity index (χ3v) is 2.37. The van der Waals surface area contributed by atoms with Crippen LogP contribution in [-0.4, -0.2) is 77.5 Å². The highest BCUT2D eigenvalue weighted by Gasteiger charge is 2.13. The number of hydrogen-bond acceptors (Lipinski definition) is 6. The molecule has 114 valence electrons. The number of carbonyl (C=O) groups is 1. The Bertz CT molecular complexity index is 214. The molecule has 19 heavy (non-hydrogen) atoms. The molecule has 0 aromatic rings. The van der Waals surface area contributed by atoms with Crippen molar-refractivity contribution in [3.05, 3.63) is 0 Å². The molecule has 1 unspecified atom stereocenters. The van der Waals surface area contributed by atoms with Gasteiger partial charge in [-0.2, -0.15) is 0 Å². The van der Waals surface area contributed by atoms with Crippen molar-refractivity contribution in [1.29, 1.82) is 0 Å². The Hall–Kier alpha value is -0.730. The molecule has 0 amide bonds. The summed E-state index contributed by atoms with van der Waals surface area (Å²) in [7, 11) is 3.24. The maximum absolute atomic E-state index is 10.7. The van der Waals surface area contributed by atoms with Gasteiger partial charge in [-0.1, -0.05) is 0 Å². The first kappa shape index (κ1) is 18.3. The quantitative estimate of drug-likeness (QED) is 0.424. The fraction of sp³-hybridized carbons (Fsp3) is 0.917. The van der Waals surface area contributed by atoms with Crippen molar-refractivity contribution >= 4 is 5.97 Å². The van der Waals surface area contributed by atoms with Crippen molar-refractivity contribution in [3.8, 4) is 0 Å². The van der Waals surface area contributed by atoms with Crippen molar-refractivity contribution in [3.63, 3.8) is 0 Å². The van der Waals surface area contributed by atoms with Gasteiger partial charge in [-0.15, -0.1) is 0 Å². The number of methoxy groups -OCH3 is 1. The molecule has 1 atom stereocenters. The van der Waals surface area contributed by atoms with Crippen molar-refractivity contribution in [2.75, 3.05) is 60.4 Å². The molecule has 0 spiro atoms. The van der Waals surface area contributed by atoms with E-state index in [2.05, 4.69) is 5.32 Å². The molecule has 0 fully saturated rings. The van der Waals surface area contributed by atoms with Gasteiger partial charge in [0, 0.05) is 13.7 Å². The van der Waals surface area contributed by atoms with Gasteiger partial charge in [0.05, 0.1) is 39.6 Å². The molecule has 0 aliphatic rings. The van der Waals surface area contributed by atoms with Crippen molar-refractivity contribution in [1.82, 2.24) is 5.32 Å². The van der Waals surface area contributed by atoms with Gasteiger partial charge >= 0.3 is 5.97 Å². The summed E-state index contributed by atoms with van der Waals surface area (Å²) in [6.45, 7) is 3.52. The average molecular weight is 279 g/mol. The van der Waals surface area contributed by atoms with Gasteiger partial charge in [-0.25, -0.2) is 0 Å². The predicted molar refractivity (Wildman–Crippen MR) is 69.4 cm³/mol. The van der Waals surface area contributed by atoms with E-state index in [0.29, 0.717) is 52.7 Å².